The van der Waals surface area contributed by atoms with E-state index in [0.717, 1.165) is 30.0 Å². The van der Waals surface area contributed by atoms with Gasteiger partial charge in [0.1, 0.15) is 11.6 Å². The maximum atomic E-state index is 12.1. The number of hydrogen-bond donors (Lipinski definition) is 1. The fraction of sp³-hybridized carbons (Fsp3) is 0.786. The van der Waals surface area contributed by atoms with Crippen LogP contribution in [-0.4, -0.2) is 24.3 Å². The summed E-state index contributed by atoms with van der Waals surface area (Å²) in [5, 5.41) is 3.92. The molecule has 3 nitrogen and oxygen atoms in total. The number of nitrogens with zero attached hydrogens (tertiary/aromatic N) is 1. The summed E-state index contributed by atoms with van der Waals surface area (Å²) in [6, 6.07) is 0. The minimum atomic E-state index is -4.29. The molecule has 1 N–H and O–H groups in total. The first-order valence-electron chi connectivity index (χ1n) is 7.14. The molecule has 0 aromatic carbocycles. The van der Waals surface area contributed by atoms with Gasteiger partial charge >= 0.3 is 6.18 Å². The van der Waals surface area contributed by atoms with Crippen LogP contribution in [-0.2, 0) is 24.3 Å². The summed E-state index contributed by atoms with van der Waals surface area (Å²) >= 11 is 1.44. The average Bonchev–Trinajstić information content (AvgIpc) is 2.69. The van der Waals surface area contributed by atoms with Gasteiger partial charge in [-0.3, -0.25) is 0 Å². The van der Waals surface area contributed by atoms with Crippen molar-refractivity contribution in [3.63, 3.8) is 0 Å². The molecule has 122 valence electrons. The van der Waals surface area contributed by atoms with Gasteiger partial charge in [-0.15, -0.1) is 11.3 Å². The zero-order valence-corrected chi connectivity index (χ0v) is 13.5. The van der Waals surface area contributed by atoms with E-state index in [-0.39, 0.29) is 6.61 Å². The summed E-state index contributed by atoms with van der Waals surface area (Å²) in [6.07, 6.45) is -2.41. The molecule has 0 aliphatic heterocycles. The third-order valence-electron chi connectivity index (χ3n) is 2.63. The van der Waals surface area contributed by atoms with E-state index in [9.17, 15) is 13.2 Å². The lowest BCUT2D eigenvalue weighted by atomic mass is 10.1. The summed E-state index contributed by atoms with van der Waals surface area (Å²) in [4.78, 5) is 5.53. The van der Waals surface area contributed by atoms with Crippen LogP contribution in [0.15, 0.2) is 0 Å². The second-order valence-corrected chi connectivity index (χ2v) is 6.53. The summed E-state index contributed by atoms with van der Waals surface area (Å²) in [6.45, 7) is 6.61. The fourth-order valence-corrected chi connectivity index (χ4v) is 2.82. The van der Waals surface area contributed by atoms with Crippen LogP contribution in [0.1, 0.15) is 42.8 Å². The minimum absolute atomic E-state index is 0.0803. The highest BCUT2D eigenvalue weighted by Crippen LogP contribution is 2.23. The summed E-state index contributed by atoms with van der Waals surface area (Å²) in [5.41, 5.74) is 0.976. The molecular formula is C14H23F3N2OS. The van der Waals surface area contributed by atoms with E-state index < -0.39 is 12.8 Å². The standard InChI is InChI=1S/C14H23F3N2OS/c1-4-5-18-7-12-11(6-10(2)3)19-13(21-12)8-20-9-14(15,16)17/h10,18H,4-9H2,1-3H3. The van der Waals surface area contributed by atoms with Crippen LogP contribution in [0.3, 0.4) is 0 Å². The Morgan fingerprint density at radius 1 is 1.33 bits per heavy atom. The summed E-state index contributed by atoms with van der Waals surface area (Å²) in [7, 11) is 0. The number of nitrogens with one attached hydrogen (secondary N) is 1. The second kappa shape index (κ2) is 8.70. The van der Waals surface area contributed by atoms with Gasteiger partial charge in [0.15, 0.2) is 0 Å². The van der Waals surface area contributed by atoms with Gasteiger partial charge in [0.2, 0.25) is 0 Å². The zero-order valence-electron chi connectivity index (χ0n) is 12.7. The molecule has 0 bridgehead atoms. The van der Waals surface area contributed by atoms with Crippen LogP contribution >= 0.6 is 11.3 Å². The van der Waals surface area contributed by atoms with E-state index >= 15 is 0 Å². The molecule has 1 rings (SSSR count). The smallest absolute Gasteiger partial charge is 0.365 e. The Hall–Kier alpha value is -0.660. The maximum Gasteiger partial charge on any atom is 0.411 e. The highest BCUT2D eigenvalue weighted by Gasteiger charge is 2.27. The zero-order chi connectivity index (χ0) is 15.9. The van der Waals surface area contributed by atoms with E-state index in [1.807, 2.05) is 0 Å². The van der Waals surface area contributed by atoms with Gasteiger partial charge in [-0.05, 0) is 25.3 Å². The molecule has 21 heavy (non-hydrogen) atoms. The van der Waals surface area contributed by atoms with Gasteiger partial charge < -0.3 is 10.1 Å². The molecule has 0 saturated carbocycles. The van der Waals surface area contributed by atoms with Gasteiger partial charge in [-0.1, -0.05) is 20.8 Å². The number of aromatic nitrogens is 1. The fourth-order valence-electron chi connectivity index (χ4n) is 1.82. The van der Waals surface area contributed by atoms with E-state index in [4.69, 9.17) is 0 Å². The first-order valence-corrected chi connectivity index (χ1v) is 7.96. The molecule has 0 aliphatic rings. The minimum Gasteiger partial charge on any atom is -0.365 e. The lowest BCUT2D eigenvalue weighted by Gasteiger charge is -2.05. The Bertz CT molecular complexity index is 419. The third kappa shape index (κ3) is 7.78. The molecule has 0 atom stereocenters. The largest absolute Gasteiger partial charge is 0.411 e. The van der Waals surface area contributed by atoms with Gasteiger partial charge in [0.05, 0.1) is 12.3 Å². The summed E-state index contributed by atoms with van der Waals surface area (Å²) in [5.74, 6) is 0.459. The highest BCUT2D eigenvalue weighted by atomic mass is 32.1. The van der Waals surface area contributed by atoms with Crippen LogP contribution in [0, 0.1) is 5.92 Å². The molecule has 0 fully saturated rings. The Morgan fingerprint density at radius 2 is 2.05 bits per heavy atom. The molecule has 0 unspecified atom stereocenters. The molecular weight excluding hydrogens is 301 g/mol. The Morgan fingerprint density at radius 3 is 2.62 bits per heavy atom. The first kappa shape index (κ1) is 18.4. The average molecular weight is 324 g/mol. The van der Waals surface area contributed by atoms with Crippen LogP contribution in [0.5, 0.6) is 0 Å². The maximum absolute atomic E-state index is 12.1. The number of thiazole rings is 1. The molecule has 0 saturated heterocycles. The van der Waals surface area contributed by atoms with Crippen molar-refractivity contribution in [1.29, 1.82) is 0 Å². The molecule has 1 aromatic heterocycles. The van der Waals surface area contributed by atoms with Gasteiger partial charge in [0.25, 0.3) is 0 Å². The molecule has 0 amide bonds. The van der Waals surface area contributed by atoms with E-state index in [2.05, 4.69) is 35.8 Å². The third-order valence-corrected chi connectivity index (χ3v) is 3.70. The quantitative estimate of drug-likeness (QED) is 0.699. The van der Waals surface area contributed by atoms with E-state index in [1.54, 1.807) is 0 Å². The Kier molecular flexibility index (Phi) is 7.62. The number of ether oxygens (including phenoxy) is 1. The van der Waals surface area contributed by atoms with Gasteiger partial charge in [-0.25, -0.2) is 4.98 Å². The van der Waals surface area contributed by atoms with Crippen molar-refractivity contribution in [2.24, 2.45) is 5.92 Å². The number of hydrogen-bond acceptors (Lipinski definition) is 4. The molecule has 0 radical (unpaired) electrons. The van der Waals surface area contributed by atoms with Gasteiger partial charge in [0, 0.05) is 11.4 Å². The number of halogens is 3. The summed E-state index contributed by atoms with van der Waals surface area (Å²) < 4.78 is 40.9. The van der Waals surface area contributed by atoms with Crippen molar-refractivity contribution in [1.82, 2.24) is 10.3 Å². The van der Waals surface area contributed by atoms with Crippen LogP contribution in [0.25, 0.3) is 0 Å². The highest BCUT2D eigenvalue weighted by molar-refractivity contribution is 7.11. The normalized spacial score (nSPS) is 12.3. The SMILES string of the molecule is CCCNCc1sc(COCC(F)(F)F)nc1CC(C)C. The molecule has 7 heteroatoms. The van der Waals surface area contributed by atoms with Crippen LogP contribution in [0.4, 0.5) is 13.2 Å². The molecule has 1 heterocycles. The molecule has 1 aromatic rings. The lowest BCUT2D eigenvalue weighted by Crippen LogP contribution is -2.16. The van der Waals surface area contributed by atoms with Crippen molar-refractivity contribution >= 4 is 11.3 Å². The van der Waals surface area contributed by atoms with Crippen molar-refractivity contribution in [3.05, 3.63) is 15.6 Å². The van der Waals surface area contributed by atoms with E-state index in [0.29, 0.717) is 17.5 Å². The van der Waals surface area contributed by atoms with Crippen LogP contribution < -0.4 is 5.32 Å². The topological polar surface area (TPSA) is 34.1 Å². The molecule has 0 aliphatic carbocycles. The Balaban J connectivity index is 2.63. The monoisotopic (exact) mass is 324 g/mol. The van der Waals surface area contributed by atoms with Crippen LogP contribution in [0.2, 0.25) is 0 Å². The Labute approximate surface area is 127 Å². The van der Waals surface area contributed by atoms with Crippen molar-refractivity contribution in [3.8, 4) is 0 Å². The number of rotatable bonds is 9. The number of alkyl halides is 3. The lowest BCUT2D eigenvalue weighted by molar-refractivity contribution is -0.176. The van der Waals surface area contributed by atoms with Crippen molar-refractivity contribution in [2.45, 2.75) is 52.9 Å². The predicted molar refractivity (Wildman–Crippen MR) is 78.4 cm³/mol. The molecule has 0 spiro atoms. The predicted octanol–water partition coefficient (Wildman–Crippen LogP) is 3.92. The second-order valence-electron chi connectivity index (χ2n) is 5.36. The van der Waals surface area contributed by atoms with Crippen molar-refractivity contribution < 1.29 is 17.9 Å². The first-order chi connectivity index (χ1) is 9.81. The van der Waals surface area contributed by atoms with Crippen molar-refractivity contribution in [2.75, 3.05) is 13.2 Å². The van der Waals surface area contributed by atoms with E-state index in [1.165, 1.54) is 11.3 Å². The van der Waals surface area contributed by atoms with Gasteiger partial charge in [-0.2, -0.15) is 13.2 Å².